The zero-order valence-electron chi connectivity index (χ0n) is 16.4. The number of hydrogen-bond acceptors (Lipinski definition) is 2. The second-order valence-electron chi connectivity index (χ2n) is 7.35. The molecular formula is C25H19F2N3. The summed E-state index contributed by atoms with van der Waals surface area (Å²) < 4.78 is 29.8. The van der Waals surface area contributed by atoms with Crippen LogP contribution >= 0.6 is 0 Å². The van der Waals surface area contributed by atoms with E-state index in [0.29, 0.717) is 29.0 Å². The first-order valence-electron chi connectivity index (χ1n) is 9.80. The standard InChI is InChI=1S/C25H19F2N3/c1-16-23-21(24(26)27)14-22(20-13-7-11-18-10-5-6-12-19(18)20)28-25(23)30(29-16)15-17-8-3-2-4-9-17/h2-14,24H,15H2,1H3. The molecular weight excluding hydrogens is 380 g/mol. The summed E-state index contributed by atoms with van der Waals surface area (Å²) in [6, 6.07) is 25.1. The lowest BCUT2D eigenvalue weighted by molar-refractivity contribution is 0.153. The Kier molecular flexibility index (Phi) is 4.51. The van der Waals surface area contributed by atoms with Crippen LogP contribution in [0, 0.1) is 6.92 Å². The van der Waals surface area contributed by atoms with E-state index >= 15 is 0 Å². The normalized spacial score (nSPS) is 11.6. The number of pyridine rings is 1. The van der Waals surface area contributed by atoms with Gasteiger partial charge >= 0.3 is 0 Å². The molecule has 0 radical (unpaired) electrons. The summed E-state index contributed by atoms with van der Waals surface area (Å²) in [5, 5.41) is 7.01. The van der Waals surface area contributed by atoms with E-state index in [1.165, 1.54) is 6.07 Å². The van der Waals surface area contributed by atoms with Crippen LogP contribution in [0.5, 0.6) is 0 Å². The lowest BCUT2D eigenvalue weighted by Gasteiger charge is -2.11. The number of fused-ring (bicyclic) bond motifs is 2. The molecule has 0 fully saturated rings. The van der Waals surface area contributed by atoms with Crippen LogP contribution in [0.15, 0.2) is 78.9 Å². The number of aromatic nitrogens is 3. The summed E-state index contributed by atoms with van der Waals surface area (Å²) in [6.07, 6.45) is -2.61. The van der Waals surface area contributed by atoms with Crippen molar-refractivity contribution < 1.29 is 8.78 Å². The fourth-order valence-electron chi connectivity index (χ4n) is 4.01. The Hall–Kier alpha value is -3.60. The molecule has 3 nitrogen and oxygen atoms in total. The van der Waals surface area contributed by atoms with Crippen molar-refractivity contribution in [3.8, 4) is 11.3 Å². The molecule has 2 heterocycles. The average Bonchev–Trinajstić information content (AvgIpc) is 3.08. The van der Waals surface area contributed by atoms with Gasteiger partial charge in [-0.25, -0.2) is 18.4 Å². The Morgan fingerprint density at radius 1 is 0.900 bits per heavy atom. The molecule has 5 heteroatoms. The molecule has 0 saturated heterocycles. The van der Waals surface area contributed by atoms with Crippen molar-refractivity contribution in [2.24, 2.45) is 0 Å². The number of aryl methyl sites for hydroxylation is 1. The van der Waals surface area contributed by atoms with Crippen LogP contribution in [-0.2, 0) is 6.54 Å². The van der Waals surface area contributed by atoms with Gasteiger partial charge in [0.25, 0.3) is 6.43 Å². The first-order chi connectivity index (χ1) is 14.6. The van der Waals surface area contributed by atoms with Crippen LogP contribution in [0.2, 0.25) is 0 Å². The maximum Gasteiger partial charge on any atom is 0.264 e. The third kappa shape index (κ3) is 3.12. The SMILES string of the molecule is Cc1nn(Cc2ccccc2)c2nc(-c3cccc4ccccc34)cc(C(F)F)c12. The molecule has 3 aromatic carbocycles. The lowest BCUT2D eigenvalue weighted by Crippen LogP contribution is -2.03. The van der Waals surface area contributed by atoms with E-state index in [1.54, 1.807) is 11.6 Å². The van der Waals surface area contributed by atoms with E-state index in [1.807, 2.05) is 72.8 Å². The molecule has 30 heavy (non-hydrogen) atoms. The highest BCUT2D eigenvalue weighted by atomic mass is 19.3. The highest BCUT2D eigenvalue weighted by molar-refractivity contribution is 5.97. The van der Waals surface area contributed by atoms with Gasteiger partial charge in [-0.15, -0.1) is 0 Å². The number of benzene rings is 3. The molecule has 0 atom stereocenters. The number of alkyl halides is 2. The summed E-state index contributed by atoms with van der Waals surface area (Å²) in [6.45, 7) is 2.23. The number of nitrogens with zero attached hydrogens (tertiary/aromatic N) is 3. The zero-order chi connectivity index (χ0) is 20.7. The maximum absolute atomic E-state index is 14.1. The third-order valence-corrected chi connectivity index (χ3v) is 5.38. The van der Waals surface area contributed by atoms with E-state index in [9.17, 15) is 8.78 Å². The monoisotopic (exact) mass is 399 g/mol. The second-order valence-corrected chi connectivity index (χ2v) is 7.35. The first kappa shape index (κ1) is 18.4. The van der Waals surface area contributed by atoms with Crippen molar-refractivity contribution in [2.75, 3.05) is 0 Å². The van der Waals surface area contributed by atoms with Gasteiger partial charge in [-0.1, -0.05) is 72.8 Å². The van der Waals surface area contributed by atoms with Gasteiger partial charge in [-0.3, -0.25) is 0 Å². The van der Waals surface area contributed by atoms with E-state index < -0.39 is 6.43 Å². The van der Waals surface area contributed by atoms with Gasteiger partial charge in [0.2, 0.25) is 0 Å². The van der Waals surface area contributed by atoms with Gasteiger partial charge in [0.05, 0.1) is 23.3 Å². The van der Waals surface area contributed by atoms with Gasteiger partial charge in [0.1, 0.15) is 0 Å². The summed E-state index contributed by atoms with van der Waals surface area (Å²) in [5.41, 5.74) is 3.42. The van der Waals surface area contributed by atoms with Gasteiger partial charge in [0.15, 0.2) is 5.65 Å². The topological polar surface area (TPSA) is 30.7 Å². The van der Waals surface area contributed by atoms with E-state index in [2.05, 4.69) is 5.10 Å². The van der Waals surface area contributed by atoms with E-state index in [4.69, 9.17) is 4.98 Å². The quantitative estimate of drug-likeness (QED) is 0.343. The molecule has 2 aromatic heterocycles. The van der Waals surface area contributed by atoms with Gasteiger partial charge in [0, 0.05) is 11.1 Å². The fraction of sp³-hybridized carbons (Fsp3) is 0.120. The Bertz CT molecular complexity index is 1350. The van der Waals surface area contributed by atoms with Crippen molar-refractivity contribution in [1.29, 1.82) is 0 Å². The van der Waals surface area contributed by atoms with Crippen LogP contribution < -0.4 is 0 Å². The fourth-order valence-corrected chi connectivity index (χ4v) is 4.01. The highest BCUT2D eigenvalue weighted by Gasteiger charge is 2.21. The van der Waals surface area contributed by atoms with Crippen LogP contribution in [0.3, 0.4) is 0 Å². The Labute approximate surface area is 172 Å². The summed E-state index contributed by atoms with van der Waals surface area (Å²) in [4.78, 5) is 4.82. The summed E-state index contributed by atoms with van der Waals surface area (Å²) in [5.74, 6) is 0. The molecule has 5 aromatic rings. The molecule has 0 amide bonds. The molecule has 0 spiro atoms. The molecule has 0 aliphatic rings. The molecule has 0 aliphatic heterocycles. The van der Waals surface area contributed by atoms with E-state index in [0.717, 1.165) is 21.9 Å². The smallest absolute Gasteiger partial charge is 0.243 e. The molecule has 0 unspecified atom stereocenters. The van der Waals surface area contributed by atoms with Crippen molar-refractivity contribution in [2.45, 2.75) is 19.9 Å². The highest BCUT2D eigenvalue weighted by Crippen LogP contribution is 2.35. The largest absolute Gasteiger partial charge is 0.264 e. The van der Waals surface area contributed by atoms with Gasteiger partial charge < -0.3 is 0 Å². The predicted octanol–water partition coefficient (Wildman–Crippen LogP) is 6.55. The minimum absolute atomic E-state index is 0.0280. The van der Waals surface area contributed by atoms with E-state index in [-0.39, 0.29) is 5.56 Å². The van der Waals surface area contributed by atoms with Crippen LogP contribution in [-0.4, -0.2) is 14.8 Å². The maximum atomic E-state index is 14.1. The minimum atomic E-state index is -2.61. The van der Waals surface area contributed by atoms with Crippen molar-refractivity contribution in [3.63, 3.8) is 0 Å². The van der Waals surface area contributed by atoms with Gasteiger partial charge in [-0.05, 0) is 29.3 Å². The lowest BCUT2D eigenvalue weighted by atomic mass is 10.00. The predicted molar refractivity (Wildman–Crippen MR) is 116 cm³/mol. The second kappa shape index (κ2) is 7.34. The molecule has 0 N–H and O–H groups in total. The number of hydrogen-bond donors (Lipinski definition) is 0. The average molecular weight is 399 g/mol. The first-order valence-corrected chi connectivity index (χ1v) is 9.80. The Morgan fingerprint density at radius 3 is 2.43 bits per heavy atom. The summed E-state index contributed by atoms with van der Waals surface area (Å²) >= 11 is 0. The Morgan fingerprint density at radius 2 is 1.63 bits per heavy atom. The number of rotatable bonds is 4. The van der Waals surface area contributed by atoms with Crippen LogP contribution in [0.4, 0.5) is 8.78 Å². The number of halogens is 2. The zero-order valence-corrected chi connectivity index (χ0v) is 16.4. The van der Waals surface area contributed by atoms with Crippen LogP contribution in [0.25, 0.3) is 33.1 Å². The Balaban J connectivity index is 1.76. The van der Waals surface area contributed by atoms with Crippen molar-refractivity contribution in [1.82, 2.24) is 14.8 Å². The molecule has 0 saturated carbocycles. The summed E-state index contributed by atoms with van der Waals surface area (Å²) in [7, 11) is 0. The van der Waals surface area contributed by atoms with Crippen LogP contribution in [0.1, 0.15) is 23.2 Å². The molecule has 0 aliphatic carbocycles. The molecule has 148 valence electrons. The van der Waals surface area contributed by atoms with Crippen molar-refractivity contribution >= 4 is 21.8 Å². The minimum Gasteiger partial charge on any atom is -0.243 e. The molecule has 0 bridgehead atoms. The van der Waals surface area contributed by atoms with Gasteiger partial charge in [-0.2, -0.15) is 5.10 Å². The molecule has 5 rings (SSSR count). The third-order valence-electron chi connectivity index (χ3n) is 5.38. The van der Waals surface area contributed by atoms with Crippen molar-refractivity contribution in [3.05, 3.63) is 95.7 Å².